The fourth-order valence-corrected chi connectivity index (χ4v) is 5.27. The quantitative estimate of drug-likeness (QED) is 0.0956. The van der Waals surface area contributed by atoms with Crippen molar-refractivity contribution in [3.05, 3.63) is 22.7 Å². The van der Waals surface area contributed by atoms with Gasteiger partial charge in [0.25, 0.3) is 5.79 Å². The van der Waals surface area contributed by atoms with Crippen LogP contribution in [0.5, 0.6) is 0 Å². The van der Waals surface area contributed by atoms with Crippen LogP contribution in [0, 0.1) is 0 Å². The maximum absolute atomic E-state index is 12.8. The van der Waals surface area contributed by atoms with Crippen molar-refractivity contribution in [1.29, 1.82) is 0 Å². The van der Waals surface area contributed by atoms with Crippen molar-refractivity contribution in [3.8, 4) is 0 Å². The standard InChI is InChI=1S/C20H31N4O17P/c21-10-1-2-24(19(35)22-10)17-15(32)14(31)9(39-17)6-38-42(36,37)41-20(18(33)34)3-7(27)12(23-11(29)5-26)16(40-20)13(30)8(28)4-25/h1-2,7-9,12-17,25-28,30-32H,3-6H2,(H,23,29)(H,33,34)(H,36,37)(H2,21,22,35)/t7-,8+,9+,12+,13+,14+,15+,16+,17+,20-/m0/s1. The zero-order valence-electron chi connectivity index (χ0n) is 21.4. The summed E-state index contributed by atoms with van der Waals surface area (Å²) in [7, 11) is -5.56. The van der Waals surface area contributed by atoms with Crippen molar-refractivity contribution in [2.45, 2.75) is 67.2 Å². The molecule has 0 spiro atoms. The molecule has 0 bridgehead atoms. The van der Waals surface area contributed by atoms with Gasteiger partial charge >= 0.3 is 19.5 Å². The zero-order valence-corrected chi connectivity index (χ0v) is 22.3. The third-order valence-corrected chi connectivity index (χ3v) is 7.42. The van der Waals surface area contributed by atoms with E-state index < -0.39 is 112 Å². The average molecular weight is 630 g/mol. The molecular formula is C20H31N4O17P. The highest BCUT2D eigenvalue weighted by Crippen LogP contribution is 2.51. The lowest BCUT2D eigenvalue weighted by molar-refractivity contribution is -0.289. The number of carbonyl (C=O) groups is 2. The molecule has 21 nitrogen and oxygen atoms in total. The number of aliphatic hydroxyl groups excluding tert-OH is 7. The van der Waals surface area contributed by atoms with Gasteiger partial charge < -0.3 is 66.3 Å². The molecule has 2 aliphatic rings. The second-order valence-corrected chi connectivity index (χ2v) is 10.7. The van der Waals surface area contributed by atoms with E-state index in [4.69, 9.17) is 29.4 Å². The average Bonchev–Trinajstić information content (AvgIpc) is 3.20. The molecule has 2 saturated heterocycles. The molecule has 2 aliphatic heterocycles. The van der Waals surface area contributed by atoms with E-state index in [1.54, 1.807) is 0 Å². The molecule has 0 aromatic carbocycles. The van der Waals surface area contributed by atoms with E-state index in [9.17, 15) is 59.6 Å². The van der Waals surface area contributed by atoms with Crippen LogP contribution in [0.25, 0.3) is 0 Å². The third kappa shape index (κ3) is 7.29. The molecule has 1 unspecified atom stereocenters. The predicted molar refractivity (Wildman–Crippen MR) is 130 cm³/mol. The zero-order chi connectivity index (χ0) is 31.6. The lowest BCUT2D eigenvalue weighted by Gasteiger charge is -2.46. The van der Waals surface area contributed by atoms with Gasteiger partial charge in [-0.25, -0.2) is 18.7 Å². The monoisotopic (exact) mass is 630 g/mol. The molecule has 1 amide bonds. The number of carboxylic acids is 1. The number of nitrogens with two attached hydrogens (primary N) is 1. The number of aliphatic carboxylic acids is 1. The van der Waals surface area contributed by atoms with Gasteiger partial charge in [-0.05, 0) is 6.07 Å². The number of carbonyl (C=O) groups excluding carboxylic acids is 1. The summed E-state index contributed by atoms with van der Waals surface area (Å²) in [5.41, 5.74) is 4.45. The number of phosphoric acid groups is 1. The summed E-state index contributed by atoms with van der Waals surface area (Å²) < 4.78 is 33.6. The SMILES string of the molecule is Nc1ccn([C@@H]2O[C@H](COP(=O)(O)O[C@]3(C(=O)O)C[C@H](O)[C@@H](NC(=O)CO)[C@H]([C@H](O)[C@H](O)CO)O3)[C@@H](O)[C@H]2O)c(=O)n1. The number of hydrogen-bond acceptors (Lipinski definition) is 17. The minimum Gasteiger partial charge on any atom is -0.477 e. The van der Waals surface area contributed by atoms with Crippen molar-refractivity contribution in [2.24, 2.45) is 0 Å². The number of amides is 1. The van der Waals surface area contributed by atoms with Gasteiger partial charge in [-0.1, -0.05) is 0 Å². The Morgan fingerprint density at radius 2 is 1.93 bits per heavy atom. The van der Waals surface area contributed by atoms with Crippen molar-refractivity contribution in [2.75, 3.05) is 25.6 Å². The normalized spacial score (nSPS) is 34.3. The van der Waals surface area contributed by atoms with Crippen LogP contribution in [-0.4, -0.2) is 142 Å². The number of phosphoric ester groups is 1. The Morgan fingerprint density at radius 1 is 1.26 bits per heavy atom. The molecular weight excluding hydrogens is 599 g/mol. The van der Waals surface area contributed by atoms with Crippen LogP contribution in [-0.2, 0) is 32.7 Å². The van der Waals surface area contributed by atoms with Crippen molar-refractivity contribution >= 4 is 25.5 Å². The first-order chi connectivity index (χ1) is 19.6. The highest BCUT2D eigenvalue weighted by Gasteiger charge is 2.59. The number of ether oxygens (including phenoxy) is 2. The van der Waals surface area contributed by atoms with Gasteiger partial charge in [0.05, 0.1) is 25.4 Å². The van der Waals surface area contributed by atoms with Gasteiger partial charge in [-0.3, -0.25) is 13.9 Å². The van der Waals surface area contributed by atoms with E-state index >= 15 is 0 Å². The van der Waals surface area contributed by atoms with Gasteiger partial charge in [0.1, 0.15) is 49.0 Å². The summed E-state index contributed by atoms with van der Waals surface area (Å²) in [4.78, 5) is 49.7. The number of nitrogens with one attached hydrogen (secondary N) is 1. The molecule has 3 heterocycles. The van der Waals surface area contributed by atoms with Crippen molar-refractivity contribution < 1.29 is 78.4 Å². The number of anilines is 1. The molecule has 2 fully saturated rings. The van der Waals surface area contributed by atoms with E-state index in [2.05, 4.69) is 4.98 Å². The molecule has 0 saturated carbocycles. The topological polar surface area (TPSA) is 343 Å². The molecule has 238 valence electrons. The van der Waals surface area contributed by atoms with Gasteiger partial charge in [0.2, 0.25) is 5.91 Å². The smallest absolute Gasteiger partial charge is 0.475 e. The van der Waals surface area contributed by atoms with Crippen molar-refractivity contribution in [3.63, 3.8) is 0 Å². The van der Waals surface area contributed by atoms with Crippen molar-refractivity contribution in [1.82, 2.24) is 14.9 Å². The Bertz CT molecular complexity index is 1240. The first-order valence-electron chi connectivity index (χ1n) is 12.1. The molecule has 0 radical (unpaired) electrons. The van der Waals surface area contributed by atoms with Crippen LogP contribution < -0.4 is 16.7 Å². The fourth-order valence-electron chi connectivity index (χ4n) is 4.31. The molecule has 1 aromatic heterocycles. The van der Waals surface area contributed by atoms with Crippen LogP contribution in [0.1, 0.15) is 12.6 Å². The van der Waals surface area contributed by atoms with Gasteiger partial charge in [0, 0.05) is 12.6 Å². The summed E-state index contributed by atoms with van der Waals surface area (Å²) in [6.07, 6.45) is -15.2. The maximum atomic E-state index is 12.8. The first-order valence-corrected chi connectivity index (χ1v) is 13.6. The predicted octanol–water partition coefficient (Wildman–Crippen LogP) is -6.30. The molecule has 22 heteroatoms. The van der Waals surface area contributed by atoms with Gasteiger partial charge in [-0.15, -0.1) is 0 Å². The Morgan fingerprint density at radius 3 is 2.50 bits per heavy atom. The Hall–Kier alpha value is -2.63. The van der Waals surface area contributed by atoms with E-state index in [-0.39, 0.29) is 5.82 Å². The molecule has 1 aromatic rings. The Labute approximate surface area is 234 Å². The lowest BCUT2D eigenvalue weighted by Crippen LogP contribution is -2.68. The number of nitrogens with zero attached hydrogens (tertiary/aromatic N) is 2. The third-order valence-electron chi connectivity index (χ3n) is 6.42. The summed E-state index contributed by atoms with van der Waals surface area (Å²) in [6, 6.07) is -0.528. The number of aromatic nitrogens is 2. The highest BCUT2D eigenvalue weighted by atomic mass is 31.2. The Balaban J connectivity index is 1.79. The van der Waals surface area contributed by atoms with Crippen LogP contribution in [0.15, 0.2) is 17.1 Å². The number of carboxylic acid groups (broad SMARTS) is 1. The van der Waals surface area contributed by atoms with Crippen LogP contribution in [0.3, 0.4) is 0 Å². The first kappa shape index (κ1) is 33.9. The van der Waals surface area contributed by atoms with Crippen LogP contribution >= 0.6 is 7.82 Å². The number of rotatable bonds is 12. The summed E-state index contributed by atoms with van der Waals surface area (Å²) in [5.74, 6) is -6.67. The fraction of sp³-hybridized carbons (Fsp3) is 0.700. The molecule has 12 N–H and O–H groups in total. The molecule has 11 atom stereocenters. The number of nitrogen functional groups attached to an aromatic ring is 1. The van der Waals surface area contributed by atoms with E-state index in [1.807, 2.05) is 5.32 Å². The second-order valence-electron chi connectivity index (χ2n) is 9.35. The number of hydrogen-bond donors (Lipinski definition) is 11. The lowest BCUT2D eigenvalue weighted by atomic mass is 9.88. The van der Waals surface area contributed by atoms with Gasteiger partial charge in [-0.2, -0.15) is 4.98 Å². The molecule has 3 rings (SSSR count). The Kier molecular flexibility index (Phi) is 10.8. The minimum atomic E-state index is -5.56. The van der Waals surface area contributed by atoms with E-state index in [1.165, 1.54) is 6.07 Å². The second kappa shape index (κ2) is 13.3. The van der Waals surface area contributed by atoms with Gasteiger partial charge in [0.15, 0.2) is 6.23 Å². The highest BCUT2D eigenvalue weighted by molar-refractivity contribution is 7.47. The van der Waals surface area contributed by atoms with E-state index in [0.717, 1.165) is 10.8 Å². The summed E-state index contributed by atoms with van der Waals surface area (Å²) in [5, 5.41) is 81.6. The number of aliphatic hydroxyl groups is 7. The van der Waals surface area contributed by atoms with E-state index in [0.29, 0.717) is 0 Å². The summed E-state index contributed by atoms with van der Waals surface area (Å²) >= 11 is 0. The van der Waals surface area contributed by atoms with Crippen LogP contribution in [0.4, 0.5) is 5.82 Å². The molecule has 42 heavy (non-hydrogen) atoms. The largest absolute Gasteiger partial charge is 0.477 e. The minimum absolute atomic E-state index is 0.146. The summed E-state index contributed by atoms with van der Waals surface area (Å²) in [6.45, 7) is -3.25. The maximum Gasteiger partial charge on any atom is 0.475 e. The van der Waals surface area contributed by atoms with Crippen LogP contribution in [0.2, 0.25) is 0 Å². The molecule has 0 aliphatic carbocycles.